The number of aromatic nitrogens is 1. The minimum Gasteiger partial charge on any atom is -0.387 e. The van der Waals surface area contributed by atoms with Crippen molar-refractivity contribution in [3.63, 3.8) is 0 Å². The Bertz CT molecular complexity index is 1010. The predicted molar refractivity (Wildman–Crippen MR) is 91.6 cm³/mol. The van der Waals surface area contributed by atoms with Crippen LogP contribution in [0, 0.1) is 5.82 Å². The summed E-state index contributed by atoms with van der Waals surface area (Å²) < 4.78 is 93.8. The van der Waals surface area contributed by atoms with E-state index in [2.05, 4.69) is 10.3 Å². The highest BCUT2D eigenvalue weighted by Gasteiger charge is 2.48. The van der Waals surface area contributed by atoms with Gasteiger partial charge in [-0.25, -0.2) is 9.37 Å². The van der Waals surface area contributed by atoms with E-state index in [4.69, 9.17) is 0 Å². The van der Waals surface area contributed by atoms with E-state index < -0.39 is 47.6 Å². The standard InChI is InChI=1S/C19H13F7N2O/c20-10-5-7-11(8-6-10)27-9-14(29)15-12-3-1-2-4-13(12)28-17(19(24,25)26)16(15)18(21,22)23/h1-8,14,27,29H,9H2/t14-/m0/s1. The molecular weight excluding hydrogens is 405 g/mol. The third kappa shape index (κ3) is 4.42. The van der Waals surface area contributed by atoms with E-state index in [9.17, 15) is 35.8 Å². The number of anilines is 1. The average molecular weight is 418 g/mol. The van der Waals surface area contributed by atoms with E-state index in [1.807, 2.05) is 0 Å². The molecule has 0 saturated heterocycles. The normalized spacial score (nSPS) is 13.5. The molecule has 0 spiro atoms. The first-order valence-corrected chi connectivity index (χ1v) is 8.23. The zero-order valence-electron chi connectivity index (χ0n) is 14.4. The van der Waals surface area contributed by atoms with Crippen LogP contribution in [-0.2, 0) is 12.4 Å². The fourth-order valence-electron chi connectivity index (χ4n) is 2.96. The van der Waals surface area contributed by atoms with Crippen molar-refractivity contribution in [2.24, 2.45) is 0 Å². The van der Waals surface area contributed by atoms with Crippen molar-refractivity contribution in [2.45, 2.75) is 18.5 Å². The van der Waals surface area contributed by atoms with Crippen molar-refractivity contribution in [1.29, 1.82) is 0 Å². The molecule has 0 aliphatic heterocycles. The van der Waals surface area contributed by atoms with E-state index >= 15 is 0 Å². The largest absolute Gasteiger partial charge is 0.433 e. The van der Waals surface area contributed by atoms with Crippen molar-refractivity contribution in [3.05, 3.63) is 71.2 Å². The molecule has 0 fully saturated rings. The topological polar surface area (TPSA) is 45.1 Å². The number of halogens is 7. The van der Waals surface area contributed by atoms with Crippen LogP contribution in [0.4, 0.5) is 36.4 Å². The van der Waals surface area contributed by atoms with Crippen molar-refractivity contribution < 1.29 is 35.8 Å². The first-order valence-electron chi connectivity index (χ1n) is 8.23. The maximum absolute atomic E-state index is 13.6. The summed E-state index contributed by atoms with van der Waals surface area (Å²) in [5, 5.41) is 12.8. The van der Waals surface area contributed by atoms with E-state index in [0.29, 0.717) is 0 Å². The van der Waals surface area contributed by atoms with Gasteiger partial charge in [0.2, 0.25) is 0 Å². The maximum Gasteiger partial charge on any atom is 0.433 e. The molecule has 0 radical (unpaired) electrons. The Kier molecular flexibility index (Phi) is 5.40. The zero-order valence-corrected chi connectivity index (χ0v) is 14.4. The molecule has 0 aliphatic rings. The Hall–Kier alpha value is -2.88. The van der Waals surface area contributed by atoms with Crippen LogP contribution in [0.3, 0.4) is 0 Å². The molecule has 0 aliphatic carbocycles. The van der Waals surface area contributed by atoms with Gasteiger partial charge in [-0.15, -0.1) is 0 Å². The lowest BCUT2D eigenvalue weighted by atomic mass is 9.95. The molecule has 1 heterocycles. The molecule has 0 bridgehead atoms. The van der Waals surface area contributed by atoms with Crippen molar-refractivity contribution in [1.82, 2.24) is 4.98 Å². The van der Waals surface area contributed by atoms with Gasteiger partial charge in [0.15, 0.2) is 5.69 Å². The summed E-state index contributed by atoms with van der Waals surface area (Å²) in [4.78, 5) is 3.17. The van der Waals surface area contributed by atoms with Gasteiger partial charge >= 0.3 is 12.4 Å². The molecule has 29 heavy (non-hydrogen) atoms. The Balaban J connectivity index is 2.14. The number of hydrogen-bond acceptors (Lipinski definition) is 3. The number of benzene rings is 2. The molecule has 154 valence electrons. The number of rotatable bonds is 4. The molecule has 0 unspecified atom stereocenters. The van der Waals surface area contributed by atoms with Crippen LogP contribution in [-0.4, -0.2) is 16.6 Å². The third-order valence-corrected chi connectivity index (χ3v) is 4.16. The average Bonchev–Trinajstić information content (AvgIpc) is 2.64. The van der Waals surface area contributed by atoms with Crippen molar-refractivity contribution in [2.75, 3.05) is 11.9 Å². The molecule has 0 amide bonds. The van der Waals surface area contributed by atoms with Gasteiger partial charge in [-0.1, -0.05) is 18.2 Å². The highest BCUT2D eigenvalue weighted by Crippen LogP contribution is 2.45. The highest BCUT2D eigenvalue weighted by molar-refractivity contribution is 5.84. The van der Waals surface area contributed by atoms with Gasteiger partial charge in [-0.05, 0) is 30.3 Å². The summed E-state index contributed by atoms with van der Waals surface area (Å²) >= 11 is 0. The summed E-state index contributed by atoms with van der Waals surface area (Å²) in [6.07, 6.45) is -12.7. The van der Waals surface area contributed by atoms with Crippen LogP contribution in [0.15, 0.2) is 48.5 Å². The van der Waals surface area contributed by atoms with Crippen LogP contribution < -0.4 is 5.32 Å². The molecule has 10 heteroatoms. The highest BCUT2D eigenvalue weighted by atomic mass is 19.4. The Morgan fingerprint density at radius 2 is 1.52 bits per heavy atom. The smallest absolute Gasteiger partial charge is 0.387 e. The summed E-state index contributed by atoms with van der Waals surface area (Å²) in [5.74, 6) is -0.551. The molecular formula is C19H13F7N2O. The Morgan fingerprint density at radius 1 is 0.897 bits per heavy atom. The van der Waals surface area contributed by atoms with Gasteiger partial charge in [0.25, 0.3) is 0 Å². The van der Waals surface area contributed by atoms with Crippen molar-refractivity contribution in [3.8, 4) is 0 Å². The predicted octanol–water partition coefficient (Wildman–Crippen LogP) is 5.56. The quantitative estimate of drug-likeness (QED) is 0.546. The second kappa shape index (κ2) is 7.51. The lowest BCUT2D eigenvalue weighted by molar-refractivity contribution is -0.165. The van der Waals surface area contributed by atoms with Gasteiger partial charge in [0.05, 0.1) is 17.2 Å². The minimum atomic E-state index is -5.41. The number of aliphatic hydroxyl groups is 1. The van der Waals surface area contributed by atoms with Crippen LogP contribution in [0.25, 0.3) is 10.9 Å². The number of para-hydroxylation sites is 1. The molecule has 3 nitrogen and oxygen atoms in total. The van der Waals surface area contributed by atoms with Crippen molar-refractivity contribution >= 4 is 16.6 Å². The Morgan fingerprint density at radius 3 is 2.10 bits per heavy atom. The van der Waals surface area contributed by atoms with Gasteiger partial charge in [0, 0.05) is 23.2 Å². The summed E-state index contributed by atoms with van der Waals surface area (Å²) in [6.45, 7) is -0.542. The van der Waals surface area contributed by atoms with Gasteiger partial charge in [-0.3, -0.25) is 0 Å². The van der Waals surface area contributed by atoms with Gasteiger partial charge < -0.3 is 10.4 Å². The second-order valence-corrected chi connectivity index (χ2v) is 6.17. The van der Waals surface area contributed by atoms with E-state index in [0.717, 1.165) is 24.3 Å². The first kappa shape index (κ1) is 20.8. The number of alkyl halides is 6. The number of nitrogens with one attached hydrogen (secondary N) is 1. The lowest BCUT2D eigenvalue weighted by Gasteiger charge is -2.23. The third-order valence-electron chi connectivity index (χ3n) is 4.16. The molecule has 3 rings (SSSR count). The molecule has 3 aromatic rings. The molecule has 1 atom stereocenters. The SMILES string of the molecule is O[C@@H](CNc1ccc(F)cc1)c1c(C(F)(F)F)c(C(F)(F)F)nc2ccccc12. The van der Waals surface area contributed by atoms with Gasteiger partial charge in [0.1, 0.15) is 5.82 Å². The molecule has 2 N–H and O–H groups in total. The molecule has 1 aromatic heterocycles. The number of nitrogens with zero attached hydrogens (tertiary/aromatic N) is 1. The minimum absolute atomic E-state index is 0.249. The number of hydrogen-bond donors (Lipinski definition) is 2. The van der Waals surface area contributed by atoms with E-state index in [-0.39, 0.29) is 16.6 Å². The van der Waals surface area contributed by atoms with Crippen LogP contribution in [0.1, 0.15) is 22.9 Å². The first-order chi connectivity index (χ1) is 13.5. The maximum atomic E-state index is 13.6. The number of fused-ring (bicyclic) bond motifs is 1. The number of pyridine rings is 1. The lowest BCUT2D eigenvalue weighted by Crippen LogP contribution is -2.24. The number of aliphatic hydroxyl groups excluding tert-OH is 1. The molecule has 2 aromatic carbocycles. The van der Waals surface area contributed by atoms with Crippen LogP contribution in [0.2, 0.25) is 0 Å². The van der Waals surface area contributed by atoms with E-state index in [1.165, 1.54) is 24.3 Å². The monoisotopic (exact) mass is 418 g/mol. The molecule has 0 saturated carbocycles. The van der Waals surface area contributed by atoms with Crippen LogP contribution in [0.5, 0.6) is 0 Å². The van der Waals surface area contributed by atoms with E-state index in [1.54, 1.807) is 0 Å². The van der Waals surface area contributed by atoms with Crippen LogP contribution >= 0.6 is 0 Å². The zero-order chi connectivity index (χ0) is 21.4. The summed E-state index contributed by atoms with van der Waals surface area (Å²) in [6, 6.07) is 9.68. The Labute approximate surface area is 159 Å². The summed E-state index contributed by atoms with van der Waals surface area (Å²) in [5.41, 5.74) is -5.13. The fourth-order valence-corrected chi connectivity index (χ4v) is 2.96. The fraction of sp³-hybridized carbons (Fsp3) is 0.211. The van der Waals surface area contributed by atoms with Gasteiger partial charge in [-0.2, -0.15) is 26.3 Å². The summed E-state index contributed by atoms with van der Waals surface area (Å²) in [7, 11) is 0. The second-order valence-electron chi connectivity index (χ2n) is 6.17.